The summed E-state index contributed by atoms with van der Waals surface area (Å²) in [6, 6.07) is 0. The predicted octanol–water partition coefficient (Wildman–Crippen LogP) is 2.45. The highest BCUT2D eigenvalue weighted by Gasteiger charge is 2.15. The number of fused-ring (bicyclic) bond motifs is 1. The summed E-state index contributed by atoms with van der Waals surface area (Å²) < 4.78 is 2.05. The fourth-order valence-corrected chi connectivity index (χ4v) is 1.70. The molecular formula is C11H18N2O. The Bertz CT molecular complexity index is 315. The number of hydrogen-bond donors (Lipinski definition) is 0. The zero-order valence-corrected chi connectivity index (χ0v) is 9.21. The van der Waals surface area contributed by atoms with E-state index in [9.17, 15) is 4.79 Å². The molecule has 0 saturated carbocycles. The fourth-order valence-electron chi connectivity index (χ4n) is 1.70. The maximum Gasteiger partial charge on any atom is 0.177 e. The average Bonchev–Trinajstić information content (AvgIpc) is 2.64. The van der Waals surface area contributed by atoms with Crippen LogP contribution in [-0.4, -0.2) is 15.3 Å². The Hall–Kier alpha value is -1.12. The molecule has 3 heteroatoms. The van der Waals surface area contributed by atoms with Crippen molar-refractivity contribution in [2.45, 2.75) is 46.6 Å². The van der Waals surface area contributed by atoms with Crippen molar-refractivity contribution in [1.29, 1.82) is 0 Å². The van der Waals surface area contributed by atoms with Gasteiger partial charge in [0.2, 0.25) is 0 Å². The van der Waals surface area contributed by atoms with E-state index in [2.05, 4.69) is 4.98 Å². The summed E-state index contributed by atoms with van der Waals surface area (Å²) >= 11 is 0. The lowest BCUT2D eigenvalue weighted by atomic mass is 10.1. The summed E-state index contributed by atoms with van der Waals surface area (Å²) in [5.74, 6) is 1.20. The third-order valence-corrected chi connectivity index (χ3v) is 2.33. The van der Waals surface area contributed by atoms with Gasteiger partial charge in [0, 0.05) is 19.9 Å². The Morgan fingerprint density at radius 1 is 1.43 bits per heavy atom. The molecule has 2 heterocycles. The summed E-state index contributed by atoms with van der Waals surface area (Å²) in [4.78, 5) is 15.3. The van der Waals surface area contributed by atoms with E-state index in [0.717, 1.165) is 24.5 Å². The molecule has 1 aliphatic rings. The topological polar surface area (TPSA) is 34.9 Å². The highest BCUT2D eigenvalue weighted by atomic mass is 16.1. The monoisotopic (exact) mass is 194 g/mol. The Balaban J connectivity index is 0.000000461. The lowest BCUT2D eigenvalue weighted by Crippen LogP contribution is -2.14. The van der Waals surface area contributed by atoms with E-state index in [1.165, 1.54) is 12.8 Å². The third kappa shape index (κ3) is 2.03. The van der Waals surface area contributed by atoms with Gasteiger partial charge in [0.15, 0.2) is 5.78 Å². The second-order valence-corrected chi connectivity index (χ2v) is 3.22. The van der Waals surface area contributed by atoms with Crippen molar-refractivity contribution in [2.24, 2.45) is 0 Å². The Morgan fingerprint density at radius 3 is 2.79 bits per heavy atom. The van der Waals surface area contributed by atoms with Crippen LogP contribution in [-0.2, 0) is 13.0 Å². The van der Waals surface area contributed by atoms with Crippen LogP contribution in [0.3, 0.4) is 0 Å². The summed E-state index contributed by atoms with van der Waals surface area (Å²) in [6.07, 6.45) is 5.09. The van der Waals surface area contributed by atoms with Gasteiger partial charge >= 0.3 is 0 Å². The molecule has 0 unspecified atom stereocenters. The SMILES string of the molecule is CC.CC(=O)c1cnc2n1CCCC2. The van der Waals surface area contributed by atoms with Crippen molar-refractivity contribution in [3.63, 3.8) is 0 Å². The van der Waals surface area contributed by atoms with Crippen LogP contribution in [0.25, 0.3) is 0 Å². The van der Waals surface area contributed by atoms with E-state index >= 15 is 0 Å². The molecule has 14 heavy (non-hydrogen) atoms. The van der Waals surface area contributed by atoms with Crippen molar-refractivity contribution < 1.29 is 4.79 Å². The molecule has 0 aromatic carbocycles. The fraction of sp³-hybridized carbons (Fsp3) is 0.636. The molecule has 78 valence electrons. The molecular weight excluding hydrogens is 176 g/mol. The minimum absolute atomic E-state index is 0.121. The quantitative estimate of drug-likeness (QED) is 0.644. The van der Waals surface area contributed by atoms with Crippen LogP contribution in [0.15, 0.2) is 6.20 Å². The van der Waals surface area contributed by atoms with Gasteiger partial charge in [-0.1, -0.05) is 13.8 Å². The number of carbonyl (C=O) groups excluding carboxylic acids is 1. The van der Waals surface area contributed by atoms with Crippen LogP contribution >= 0.6 is 0 Å². The molecule has 0 radical (unpaired) electrons. The van der Waals surface area contributed by atoms with Crippen LogP contribution in [0.5, 0.6) is 0 Å². The second-order valence-electron chi connectivity index (χ2n) is 3.22. The number of rotatable bonds is 1. The van der Waals surface area contributed by atoms with Crippen molar-refractivity contribution in [2.75, 3.05) is 0 Å². The van der Waals surface area contributed by atoms with Gasteiger partial charge in [-0.25, -0.2) is 4.98 Å². The van der Waals surface area contributed by atoms with Crippen molar-refractivity contribution in [1.82, 2.24) is 9.55 Å². The molecule has 2 rings (SSSR count). The number of aryl methyl sites for hydroxylation is 1. The molecule has 0 aliphatic carbocycles. The van der Waals surface area contributed by atoms with E-state index in [4.69, 9.17) is 0 Å². The van der Waals surface area contributed by atoms with Crippen LogP contribution in [0, 0.1) is 0 Å². The predicted molar refractivity (Wildman–Crippen MR) is 56.5 cm³/mol. The summed E-state index contributed by atoms with van der Waals surface area (Å²) in [7, 11) is 0. The van der Waals surface area contributed by atoms with Crippen molar-refractivity contribution >= 4 is 5.78 Å². The highest BCUT2D eigenvalue weighted by molar-refractivity contribution is 5.92. The van der Waals surface area contributed by atoms with Gasteiger partial charge in [-0.2, -0.15) is 0 Å². The zero-order chi connectivity index (χ0) is 10.6. The number of nitrogens with zero attached hydrogens (tertiary/aromatic N) is 2. The molecule has 1 aromatic rings. The minimum Gasteiger partial charge on any atom is -0.326 e. The molecule has 0 bridgehead atoms. The summed E-state index contributed by atoms with van der Waals surface area (Å²) in [6.45, 7) is 6.56. The average molecular weight is 194 g/mol. The first-order valence-electron chi connectivity index (χ1n) is 5.34. The maximum atomic E-state index is 11.1. The van der Waals surface area contributed by atoms with Crippen LogP contribution in [0.1, 0.15) is 49.9 Å². The van der Waals surface area contributed by atoms with E-state index in [1.54, 1.807) is 13.1 Å². The van der Waals surface area contributed by atoms with Gasteiger partial charge in [-0.05, 0) is 12.8 Å². The van der Waals surface area contributed by atoms with Gasteiger partial charge < -0.3 is 4.57 Å². The van der Waals surface area contributed by atoms with Crippen molar-refractivity contribution in [3.05, 3.63) is 17.7 Å². The zero-order valence-electron chi connectivity index (χ0n) is 9.21. The number of hydrogen-bond acceptors (Lipinski definition) is 2. The molecule has 0 saturated heterocycles. The van der Waals surface area contributed by atoms with E-state index in [-0.39, 0.29) is 5.78 Å². The third-order valence-electron chi connectivity index (χ3n) is 2.33. The number of ketones is 1. The van der Waals surface area contributed by atoms with E-state index in [0.29, 0.717) is 0 Å². The largest absolute Gasteiger partial charge is 0.326 e. The van der Waals surface area contributed by atoms with Crippen molar-refractivity contribution in [3.8, 4) is 0 Å². The van der Waals surface area contributed by atoms with Gasteiger partial charge in [0.25, 0.3) is 0 Å². The van der Waals surface area contributed by atoms with Gasteiger partial charge in [0.05, 0.1) is 6.20 Å². The molecule has 0 atom stereocenters. The van der Waals surface area contributed by atoms with Gasteiger partial charge in [-0.3, -0.25) is 4.79 Å². The van der Waals surface area contributed by atoms with Crippen LogP contribution in [0.4, 0.5) is 0 Å². The van der Waals surface area contributed by atoms with E-state index < -0.39 is 0 Å². The Kier molecular flexibility index (Phi) is 3.86. The smallest absolute Gasteiger partial charge is 0.177 e. The molecule has 0 fully saturated rings. The summed E-state index contributed by atoms with van der Waals surface area (Å²) in [5, 5.41) is 0. The van der Waals surface area contributed by atoms with Gasteiger partial charge in [0.1, 0.15) is 11.5 Å². The van der Waals surface area contributed by atoms with Gasteiger partial charge in [-0.15, -0.1) is 0 Å². The molecule has 3 nitrogen and oxygen atoms in total. The lowest BCUT2D eigenvalue weighted by Gasteiger charge is -2.14. The lowest BCUT2D eigenvalue weighted by molar-refractivity contribution is 0.100. The Morgan fingerprint density at radius 2 is 2.14 bits per heavy atom. The number of Topliss-reactive ketones (excluding diaryl/α,β-unsaturated/α-hetero) is 1. The maximum absolute atomic E-state index is 11.1. The standard InChI is InChI=1S/C9H12N2O.C2H6/c1-7(12)8-6-10-9-4-2-3-5-11(8)9;1-2/h6H,2-5H2,1H3;1-2H3. The van der Waals surface area contributed by atoms with E-state index in [1.807, 2.05) is 18.4 Å². The highest BCUT2D eigenvalue weighted by Crippen LogP contribution is 2.15. The Labute approximate surface area is 85.2 Å². The minimum atomic E-state index is 0.121. The first kappa shape index (κ1) is 11.0. The number of aromatic nitrogens is 2. The molecule has 0 amide bonds. The molecule has 1 aromatic heterocycles. The molecule has 0 N–H and O–H groups in total. The first-order valence-corrected chi connectivity index (χ1v) is 5.34. The molecule has 1 aliphatic heterocycles. The van der Waals surface area contributed by atoms with Crippen LogP contribution < -0.4 is 0 Å². The second kappa shape index (κ2) is 4.94. The number of imidazole rings is 1. The normalized spacial score (nSPS) is 13.9. The first-order chi connectivity index (χ1) is 6.79. The van der Waals surface area contributed by atoms with Crippen LogP contribution in [0.2, 0.25) is 0 Å². The molecule has 0 spiro atoms. The number of carbonyl (C=O) groups is 1. The summed E-state index contributed by atoms with van der Waals surface area (Å²) in [5.41, 5.74) is 0.768.